The highest BCUT2D eigenvalue weighted by molar-refractivity contribution is 7.50. The van der Waals surface area contributed by atoms with Gasteiger partial charge >= 0.3 is 58.6 Å². The molecule has 8 rings (SSSR count). The Morgan fingerprint density at radius 3 is 1.42 bits per heavy atom. The molecular weight excluding hydrogens is 669 g/mol. The van der Waals surface area contributed by atoms with Gasteiger partial charge in [0, 0.05) is 0 Å². The van der Waals surface area contributed by atoms with Gasteiger partial charge in [-0.05, 0) is 6.42 Å². The first-order valence-corrected chi connectivity index (χ1v) is 19.9. The SMILES string of the molecule is CCCCCCCCCCCCCCCCCCO[C@@]12OP3(=O)O[C@@](O)([C@@]4(OOP5(=O)OC1(O)O5)OP1(=O)OC4(O)O1)[C@@]2(O)O3. The molecule has 0 aromatic rings. The van der Waals surface area contributed by atoms with Gasteiger partial charge in [0.15, 0.2) is 0 Å². The van der Waals surface area contributed by atoms with E-state index in [1.165, 1.54) is 64.2 Å². The van der Waals surface area contributed by atoms with Gasteiger partial charge < -0.3 is 25.2 Å². The van der Waals surface area contributed by atoms with Crippen molar-refractivity contribution >= 4 is 23.5 Å². The molecule has 0 aromatic carbocycles. The Labute approximate surface area is 259 Å². The second kappa shape index (κ2) is 12.1. The summed E-state index contributed by atoms with van der Waals surface area (Å²) < 4.78 is 87.6. The van der Waals surface area contributed by atoms with Gasteiger partial charge in [-0.2, -0.15) is 4.89 Å². The van der Waals surface area contributed by atoms with Crippen LogP contribution in [0, 0.1) is 0 Å². The average Bonchev–Trinajstić information content (AvgIpc) is 3.50. The fraction of sp³-hybridized carbons (Fsp3) is 1.00. The van der Waals surface area contributed by atoms with Crippen molar-refractivity contribution in [1.29, 1.82) is 0 Å². The van der Waals surface area contributed by atoms with Gasteiger partial charge in [0.05, 0.1) is 6.61 Å². The summed E-state index contributed by atoms with van der Waals surface area (Å²) in [5.74, 6) is -21.4. The third-order valence-electron chi connectivity index (χ3n) is 8.64. The van der Waals surface area contributed by atoms with Gasteiger partial charge in [0.2, 0.25) is 0 Å². The van der Waals surface area contributed by atoms with Gasteiger partial charge in [-0.1, -0.05) is 103 Å². The molecule has 0 radical (unpaired) electrons. The van der Waals surface area contributed by atoms with Gasteiger partial charge in [-0.15, -0.1) is 4.67 Å². The van der Waals surface area contributed by atoms with Crippen LogP contribution >= 0.6 is 23.5 Å². The molecule has 45 heavy (non-hydrogen) atoms. The van der Waals surface area contributed by atoms with E-state index in [-0.39, 0.29) is 13.0 Å². The summed E-state index contributed by atoms with van der Waals surface area (Å²) in [6, 6.07) is 0. The Morgan fingerprint density at radius 2 is 0.956 bits per heavy atom. The third kappa shape index (κ3) is 5.42. The zero-order valence-electron chi connectivity index (χ0n) is 24.9. The van der Waals surface area contributed by atoms with Crippen LogP contribution in [0.25, 0.3) is 0 Å². The molecule has 0 saturated carbocycles. The molecule has 21 heteroatoms. The van der Waals surface area contributed by atoms with Crippen LogP contribution in [0.2, 0.25) is 0 Å². The Balaban J connectivity index is 1.02. The highest BCUT2D eigenvalue weighted by atomic mass is 31.2. The number of aliphatic hydroxyl groups is 4. The van der Waals surface area contributed by atoms with Crippen LogP contribution in [0.3, 0.4) is 0 Å². The maximum absolute atomic E-state index is 13.3. The van der Waals surface area contributed by atoms with E-state index in [1.54, 1.807) is 0 Å². The highest BCUT2D eigenvalue weighted by Gasteiger charge is 3.04. The lowest BCUT2D eigenvalue weighted by Crippen LogP contribution is -2.84. The van der Waals surface area contributed by atoms with Crippen LogP contribution in [0.4, 0.5) is 0 Å². The normalized spacial score (nSPS) is 49.0. The van der Waals surface area contributed by atoms with Gasteiger partial charge in [-0.3, -0.25) is 0 Å². The van der Waals surface area contributed by atoms with Crippen molar-refractivity contribution in [2.24, 2.45) is 0 Å². The number of unbranched alkanes of at least 4 members (excludes halogenated alkanes) is 15. The van der Waals surface area contributed by atoms with Gasteiger partial charge in [0.25, 0.3) is 0 Å². The Bertz CT molecular complexity index is 1250. The minimum absolute atomic E-state index is 0.288. The first-order chi connectivity index (χ1) is 21.2. The minimum Gasteiger partial charge on any atom is -0.356 e. The predicted molar refractivity (Wildman–Crippen MR) is 144 cm³/mol. The largest absolute Gasteiger partial charge is 0.511 e. The molecule has 8 fully saturated rings. The van der Waals surface area contributed by atoms with Crippen LogP contribution < -0.4 is 0 Å². The molecule has 8 heterocycles. The Hall–Kier alpha value is 0.0900. The van der Waals surface area contributed by atoms with Crippen molar-refractivity contribution in [3.8, 4) is 0 Å². The van der Waals surface area contributed by atoms with E-state index in [9.17, 15) is 34.1 Å². The molecule has 8 aliphatic rings. The highest BCUT2D eigenvalue weighted by Crippen LogP contribution is 2.88. The first kappa shape index (κ1) is 34.9. The molecule has 8 saturated heterocycles. The molecule has 8 aliphatic heterocycles. The van der Waals surface area contributed by atoms with E-state index in [4.69, 9.17) is 36.8 Å². The van der Waals surface area contributed by atoms with E-state index in [1.807, 2.05) is 0 Å². The quantitative estimate of drug-likeness (QED) is 0.0848. The molecule has 0 amide bonds. The van der Waals surface area contributed by atoms with Crippen LogP contribution in [0.1, 0.15) is 110 Å². The van der Waals surface area contributed by atoms with Crippen LogP contribution in [0.15, 0.2) is 0 Å². The number of hydrogen-bond donors (Lipinski definition) is 4. The number of fused-ring (bicyclic) bond motifs is 2. The van der Waals surface area contributed by atoms with E-state index in [2.05, 4.69) is 20.6 Å². The molecule has 0 aliphatic carbocycles. The van der Waals surface area contributed by atoms with E-state index in [0.29, 0.717) is 6.42 Å². The predicted octanol–water partition coefficient (Wildman–Crippen LogP) is 4.81. The summed E-state index contributed by atoms with van der Waals surface area (Å²) in [4.78, 5) is 4.75. The fourth-order valence-corrected chi connectivity index (χ4v) is 10.8. The Kier molecular flexibility index (Phi) is 9.43. The summed E-state index contributed by atoms with van der Waals surface area (Å²) in [6.07, 6.45) is 17.7. The van der Waals surface area contributed by atoms with Crippen molar-refractivity contribution in [1.82, 2.24) is 0 Å². The van der Waals surface area contributed by atoms with Crippen molar-refractivity contribution in [2.75, 3.05) is 6.61 Å². The summed E-state index contributed by atoms with van der Waals surface area (Å²) in [5.41, 5.74) is 0. The second-order valence-electron chi connectivity index (χ2n) is 12.1. The van der Waals surface area contributed by atoms with E-state index < -0.39 is 58.6 Å². The number of phosphoric acid groups is 3. The number of phosphoric ester groups is 3. The maximum atomic E-state index is 13.3. The number of ether oxygens (including phenoxy) is 1. The summed E-state index contributed by atoms with van der Waals surface area (Å²) in [5, 5.41) is 45.2. The lowest BCUT2D eigenvalue weighted by atomic mass is 9.86. The van der Waals surface area contributed by atoms with Crippen molar-refractivity contribution in [3.63, 3.8) is 0 Å². The topological polar surface area (TPSA) is 234 Å². The summed E-state index contributed by atoms with van der Waals surface area (Å²) in [6.45, 7) is 1.87. The first-order valence-electron chi connectivity index (χ1n) is 15.5. The van der Waals surface area contributed by atoms with Gasteiger partial charge in [0.1, 0.15) is 0 Å². The summed E-state index contributed by atoms with van der Waals surface area (Å²) >= 11 is 0. The smallest absolute Gasteiger partial charge is 0.356 e. The number of rotatable bonds is 18. The fourth-order valence-electron chi connectivity index (χ4n) is 6.28. The van der Waals surface area contributed by atoms with Crippen molar-refractivity contribution < 1.29 is 84.6 Å². The van der Waals surface area contributed by atoms with Crippen LogP contribution in [-0.2, 0) is 64.2 Å². The molecule has 18 nitrogen and oxygen atoms in total. The zero-order valence-corrected chi connectivity index (χ0v) is 27.6. The zero-order chi connectivity index (χ0) is 32.3. The standard InChI is InChI=1S/C24H41O18P3/c1-2-3-4-5-6-7-8-9-10-11-12-13-14-15-16-17-18-32-21-19(25)20(26,35-43(29,34-19)36-21)22(24(28)38-44(30,37-22)39-24)33-42-45(31)40-23(21,27)41-45/h25-28H,2-18H2,1H3/t19-,20-,21+,22-,23?,24?,43?,44?,45?/m1/s1. The lowest BCUT2D eigenvalue weighted by Gasteiger charge is -2.53. The van der Waals surface area contributed by atoms with Crippen molar-refractivity contribution in [2.45, 2.75) is 145 Å². The summed E-state index contributed by atoms with van der Waals surface area (Å²) in [7, 11) is -14.8. The van der Waals surface area contributed by atoms with E-state index >= 15 is 0 Å². The number of hydrogen-bond acceptors (Lipinski definition) is 18. The second-order valence-corrected chi connectivity index (χ2v) is 16.4. The molecule has 5 atom stereocenters. The van der Waals surface area contributed by atoms with Gasteiger partial charge in [-0.25, -0.2) is 49.9 Å². The van der Waals surface area contributed by atoms with Crippen LogP contribution in [-0.4, -0.2) is 62.1 Å². The van der Waals surface area contributed by atoms with E-state index in [0.717, 1.165) is 25.7 Å². The monoisotopic (exact) mass is 710 g/mol. The average molecular weight is 710 g/mol. The molecule has 1 spiro atoms. The lowest BCUT2D eigenvalue weighted by molar-refractivity contribution is -0.563. The Morgan fingerprint density at radius 1 is 0.511 bits per heavy atom. The molecule has 6 bridgehead atoms. The molecule has 4 N–H and O–H groups in total. The molecule has 260 valence electrons. The molecule has 1 unspecified atom stereocenters. The van der Waals surface area contributed by atoms with Crippen LogP contribution in [0.5, 0.6) is 0 Å². The molecule has 0 aromatic heterocycles. The molecular formula is C24H41O18P3. The maximum Gasteiger partial charge on any atom is 0.511 e. The minimum atomic E-state index is -5.19. The van der Waals surface area contributed by atoms with Crippen molar-refractivity contribution in [3.05, 3.63) is 0 Å². The third-order valence-corrected chi connectivity index (χ3v) is 12.7.